The molecule has 1 saturated heterocycles. The van der Waals surface area contributed by atoms with Crippen molar-refractivity contribution in [2.75, 3.05) is 26.7 Å². The normalized spacial score (nSPS) is 23.0. The number of amides is 2. The molecule has 1 aliphatic heterocycles. The number of carbonyl (C=O) groups excluding carboxylic acids is 1. The molecular weight excluding hydrogens is 296 g/mol. The standard InChI is InChI=1S/C16H26N4OS/c1-19(12-15-17-7-9-22-15)16(21)18-10-13-6-8-20(11-13)14-4-2-3-5-14/h7,9,13-14H,2-6,8,10-12H2,1H3,(H,18,21)/t13-/m0/s1. The predicted molar refractivity (Wildman–Crippen MR) is 88.9 cm³/mol. The van der Waals surface area contributed by atoms with Crippen LogP contribution in [0.15, 0.2) is 11.6 Å². The largest absolute Gasteiger partial charge is 0.338 e. The van der Waals surface area contributed by atoms with Gasteiger partial charge in [0.1, 0.15) is 5.01 Å². The van der Waals surface area contributed by atoms with Gasteiger partial charge in [-0.15, -0.1) is 11.3 Å². The van der Waals surface area contributed by atoms with Gasteiger partial charge in [-0.1, -0.05) is 12.8 Å². The Labute approximate surface area is 136 Å². The van der Waals surface area contributed by atoms with E-state index in [0.29, 0.717) is 12.5 Å². The zero-order chi connectivity index (χ0) is 15.4. The third kappa shape index (κ3) is 3.98. The summed E-state index contributed by atoms with van der Waals surface area (Å²) in [6.45, 7) is 3.74. The average molecular weight is 322 g/mol. The van der Waals surface area contributed by atoms with E-state index in [4.69, 9.17) is 0 Å². The maximum Gasteiger partial charge on any atom is 0.317 e. The highest BCUT2D eigenvalue weighted by atomic mass is 32.1. The first kappa shape index (κ1) is 15.7. The Morgan fingerprint density at radius 2 is 2.27 bits per heavy atom. The summed E-state index contributed by atoms with van der Waals surface area (Å²) >= 11 is 1.59. The van der Waals surface area contributed by atoms with Crippen molar-refractivity contribution in [1.82, 2.24) is 20.1 Å². The van der Waals surface area contributed by atoms with Crippen molar-refractivity contribution in [3.63, 3.8) is 0 Å². The topological polar surface area (TPSA) is 48.5 Å². The Morgan fingerprint density at radius 3 is 3.00 bits per heavy atom. The van der Waals surface area contributed by atoms with E-state index in [0.717, 1.165) is 24.1 Å². The van der Waals surface area contributed by atoms with Gasteiger partial charge in [-0.25, -0.2) is 9.78 Å². The summed E-state index contributed by atoms with van der Waals surface area (Å²) < 4.78 is 0. The molecule has 2 fully saturated rings. The number of hydrogen-bond acceptors (Lipinski definition) is 4. The molecule has 6 heteroatoms. The lowest BCUT2D eigenvalue weighted by Gasteiger charge is -2.23. The third-order valence-corrected chi connectivity index (χ3v) is 5.67. The smallest absolute Gasteiger partial charge is 0.317 e. The zero-order valence-electron chi connectivity index (χ0n) is 13.3. The maximum atomic E-state index is 12.1. The van der Waals surface area contributed by atoms with Gasteiger partial charge in [-0.05, 0) is 31.7 Å². The minimum Gasteiger partial charge on any atom is -0.338 e. The third-order valence-electron chi connectivity index (χ3n) is 4.90. The van der Waals surface area contributed by atoms with E-state index >= 15 is 0 Å². The highest BCUT2D eigenvalue weighted by molar-refractivity contribution is 7.09. The van der Waals surface area contributed by atoms with Crippen LogP contribution in [0.25, 0.3) is 0 Å². The van der Waals surface area contributed by atoms with Gasteiger partial charge in [0, 0.05) is 37.8 Å². The van der Waals surface area contributed by atoms with Crippen LogP contribution in [-0.4, -0.2) is 53.5 Å². The van der Waals surface area contributed by atoms with Gasteiger partial charge >= 0.3 is 6.03 Å². The first-order valence-corrected chi connectivity index (χ1v) is 9.21. The molecule has 2 heterocycles. The number of hydrogen-bond donors (Lipinski definition) is 1. The van der Waals surface area contributed by atoms with Crippen molar-refractivity contribution in [2.24, 2.45) is 5.92 Å². The zero-order valence-corrected chi connectivity index (χ0v) is 14.1. The van der Waals surface area contributed by atoms with Crippen LogP contribution in [0.1, 0.15) is 37.1 Å². The minimum atomic E-state index is 0.00881. The van der Waals surface area contributed by atoms with Crippen LogP contribution < -0.4 is 5.32 Å². The fourth-order valence-corrected chi connectivity index (χ4v) is 4.27. The quantitative estimate of drug-likeness (QED) is 0.906. The lowest BCUT2D eigenvalue weighted by atomic mass is 10.1. The van der Waals surface area contributed by atoms with Crippen LogP contribution in [-0.2, 0) is 6.54 Å². The van der Waals surface area contributed by atoms with E-state index in [1.54, 1.807) is 22.4 Å². The van der Waals surface area contributed by atoms with Gasteiger partial charge in [0.15, 0.2) is 0 Å². The lowest BCUT2D eigenvalue weighted by Crippen LogP contribution is -2.40. The van der Waals surface area contributed by atoms with Crippen LogP contribution in [0.3, 0.4) is 0 Å². The second-order valence-electron chi connectivity index (χ2n) is 6.56. The molecule has 2 amide bonds. The molecule has 122 valence electrons. The van der Waals surface area contributed by atoms with Crippen molar-refractivity contribution >= 4 is 17.4 Å². The molecule has 0 bridgehead atoms. The van der Waals surface area contributed by atoms with E-state index < -0.39 is 0 Å². The van der Waals surface area contributed by atoms with Crippen molar-refractivity contribution in [2.45, 2.75) is 44.7 Å². The molecule has 1 aromatic rings. The summed E-state index contributed by atoms with van der Waals surface area (Å²) in [6, 6.07) is 0.822. The Hall–Kier alpha value is -1.14. The highest BCUT2D eigenvalue weighted by Crippen LogP contribution is 2.28. The summed E-state index contributed by atoms with van der Waals surface area (Å²) in [5.74, 6) is 0.609. The molecule has 2 aliphatic rings. The summed E-state index contributed by atoms with van der Waals surface area (Å²) in [5, 5.41) is 6.00. The first-order valence-electron chi connectivity index (χ1n) is 8.34. The second-order valence-corrected chi connectivity index (χ2v) is 7.53. The molecule has 1 aliphatic carbocycles. The van der Waals surface area contributed by atoms with E-state index in [2.05, 4.69) is 15.2 Å². The van der Waals surface area contributed by atoms with Gasteiger partial charge in [0.25, 0.3) is 0 Å². The molecule has 1 saturated carbocycles. The van der Waals surface area contributed by atoms with Gasteiger partial charge in [-0.2, -0.15) is 0 Å². The highest BCUT2D eigenvalue weighted by Gasteiger charge is 2.30. The Bertz CT molecular complexity index is 473. The van der Waals surface area contributed by atoms with Crippen LogP contribution in [0, 0.1) is 5.92 Å². The fourth-order valence-electron chi connectivity index (χ4n) is 3.60. The molecule has 0 radical (unpaired) electrons. The number of urea groups is 1. The van der Waals surface area contributed by atoms with Gasteiger partial charge in [0.2, 0.25) is 0 Å². The molecule has 5 nitrogen and oxygen atoms in total. The summed E-state index contributed by atoms with van der Waals surface area (Å²) in [4.78, 5) is 20.7. The number of aromatic nitrogens is 1. The van der Waals surface area contributed by atoms with Crippen molar-refractivity contribution < 1.29 is 4.79 Å². The van der Waals surface area contributed by atoms with Crippen LogP contribution in [0.4, 0.5) is 4.79 Å². The first-order chi connectivity index (χ1) is 10.7. The number of rotatable bonds is 5. The Kier molecular flexibility index (Phi) is 5.31. The SMILES string of the molecule is CN(Cc1nccs1)C(=O)NC[C@@H]1CCN(C2CCCC2)C1. The molecule has 0 aromatic carbocycles. The summed E-state index contributed by atoms with van der Waals surface area (Å²) in [5.41, 5.74) is 0. The number of nitrogens with zero attached hydrogens (tertiary/aromatic N) is 3. The number of carbonyl (C=O) groups is 1. The average Bonchev–Trinajstić information content (AvgIpc) is 3.25. The number of nitrogens with one attached hydrogen (secondary N) is 1. The molecule has 22 heavy (non-hydrogen) atoms. The van der Waals surface area contributed by atoms with E-state index in [1.807, 2.05) is 12.4 Å². The van der Waals surface area contributed by atoms with Crippen molar-refractivity contribution in [3.8, 4) is 0 Å². The minimum absolute atomic E-state index is 0.00881. The molecule has 3 rings (SSSR count). The molecule has 1 aromatic heterocycles. The van der Waals surface area contributed by atoms with E-state index in [9.17, 15) is 4.79 Å². The van der Waals surface area contributed by atoms with Gasteiger partial charge in [-0.3, -0.25) is 0 Å². The van der Waals surface area contributed by atoms with Gasteiger partial charge < -0.3 is 15.1 Å². The molecule has 0 spiro atoms. The van der Waals surface area contributed by atoms with Crippen molar-refractivity contribution in [1.29, 1.82) is 0 Å². The molecule has 1 atom stereocenters. The molecular formula is C16H26N4OS. The molecule has 1 N–H and O–H groups in total. The Balaban J connectivity index is 1.38. The summed E-state index contributed by atoms with van der Waals surface area (Å²) in [6.07, 6.45) is 8.52. The maximum absolute atomic E-state index is 12.1. The predicted octanol–water partition coefficient (Wildman–Crippen LogP) is 2.55. The van der Waals surface area contributed by atoms with Crippen LogP contribution in [0.2, 0.25) is 0 Å². The molecule has 0 unspecified atom stereocenters. The van der Waals surface area contributed by atoms with Crippen LogP contribution >= 0.6 is 11.3 Å². The monoisotopic (exact) mass is 322 g/mol. The summed E-state index contributed by atoms with van der Waals surface area (Å²) in [7, 11) is 1.83. The Morgan fingerprint density at radius 1 is 1.45 bits per heavy atom. The second kappa shape index (κ2) is 7.42. The lowest BCUT2D eigenvalue weighted by molar-refractivity contribution is 0.203. The van der Waals surface area contributed by atoms with Gasteiger partial charge in [0.05, 0.1) is 6.54 Å². The number of thiazole rings is 1. The fraction of sp³-hybridized carbons (Fsp3) is 0.750. The van der Waals surface area contributed by atoms with Crippen molar-refractivity contribution in [3.05, 3.63) is 16.6 Å². The van der Waals surface area contributed by atoms with E-state index in [1.165, 1.54) is 38.6 Å². The van der Waals surface area contributed by atoms with Crippen LogP contribution in [0.5, 0.6) is 0 Å². The van der Waals surface area contributed by atoms with E-state index in [-0.39, 0.29) is 6.03 Å². The number of likely N-dealkylation sites (tertiary alicyclic amines) is 1.